The standard InChI is InChI=1S/C7H8BrNS/c1-5-4-6(8)2-3-7(5)10-9/h2-4H,9H2,1H3. The Labute approximate surface area is 73.3 Å². The number of halogens is 1. The van der Waals surface area contributed by atoms with Gasteiger partial charge in [0.1, 0.15) is 0 Å². The molecule has 0 fully saturated rings. The molecule has 1 aromatic carbocycles. The molecule has 0 unspecified atom stereocenters. The van der Waals surface area contributed by atoms with Crippen LogP contribution in [0.4, 0.5) is 0 Å². The molecule has 0 amide bonds. The molecule has 1 nitrogen and oxygen atoms in total. The first kappa shape index (κ1) is 8.11. The Hall–Kier alpha value is 0.01000. The summed E-state index contributed by atoms with van der Waals surface area (Å²) in [6.45, 7) is 2.04. The van der Waals surface area contributed by atoms with E-state index in [9.17, 15) is 0 Å². The van der Waals surface area contributed by atoms with Gasteiger partial charge in [-0.15, -0.1) is 0 Å². The molecule has 0 aliphatic rings. The maximum Gasteiger partial charge on any atom is 0.0255 e. The molecule has 0 aliphatic carbocycles. The first-order valence-electron chi connectivity index (χ1n) is 2.87. The van der Waals surface area contributed by atoms with Gasteiger partial charge in [0.15, 0.2) is 0 Å². The molecule has 0 aliphatic heterocycles. The van der Waals surface area contributed by atoms with Crippen LogP contribution in [0.25, 0.3) is 0 Å². The van der Waals surface area contributed by atoms with E-state index in [1.807, 2.05) is 19.1 Å². The Morgan fingerprint density at radius 1 is 1.50 bits per heavy atom. The lowest BCUT2D eigenvalue weighted by atomic mass is 10.2. The first-order valence-corrected chi connectivity index (χ1v) is 4.54. The van der Waals surface area contributed by atoms with Gasteiger partial charge in [0.05, 0.1) is 0 Å². The zero-order valence-electron chi connectivity index (χ0n) is 5.60. The van der Waals surface area contributed by atoms with Crippen LogP contribution in [0, 0.1) is 6.92 Å². The van der Waals surface area contributed by atoms with Crippen LogP contribution in [-0.2, 0) is 0 Å². The van der Waals surface area contributed by atoms with Crippen molar-refractivity contribution >= 4 is 27.9 Å². The number of rotatable bonds is 1. The average molecular weight is 218 g/mol. The molecule has 0 aromatic heterocycles. The van der Waals surface area contributed by atoms with E-state index in [1.54, 1.807) is 0 Å². The molecule has 2 N–H and O–H groups in total. The molecule has 0 spiro atoms. The molecule has 10 heavy (non-hydrogen) atoms. The fraction of sp³-hybridized carbons (Fsp3) is 0.143. The molecule has 0 saturated carbocycles. The molecule has 3 heteroatoms. The first-order chi connectivity index (χ1) is 4.74. The fourth-order valence-electron chi connectivity index (χ4n) is 0.745. The highest BCUT2D eigenvalue weighted by atomic mass is 79.9. The highest BCUT2D eigenvalue weighted by Gasteiger charge is 1.95. The largest absolute Gasteiger partial charge is 0.274 e. The quantitative estimate of drug-likeness (QED) is 0.733. The summed E-state index contributed by atoms with van der Waals surface area (Å²) in [4.78, 5) is 1.13. The lowest BCUT2D eigenvalue weighted by molar-refractivity contribution is 1.29. The van der Waals surface area contributed by atoms with E-state index in [4.69, 9.17) is 5.14 Å². The van der Waals surface area contributed by atoms with E-state index in [2.05, 4.69) is 22.0 Å². The van der Waals surface area contributed by atoms with Crippen LogP contribution in [-0.4, -0.2) is 0 Å². The Bertz CT molecular complexity index is 237. The van der Waals surface area contributed by atoms with Gasteiger partial charge in [0, 0.05) is 9.37 Å². The summed E-state index contributed by atoms with van der Waals surface area (Å²) in [6, 6.07) is 6.04. The van der Waals surface area contributed by atoms with Crippen molar-refractivity contribution in [2.75, 3.05) is 0 Å². The molecule has 0 heterocycles. The second-order valence-electron chi connectivity index (χ2n) is 2.03. The van der Waals surface area contributed by atoms with E-state index in [0.29, 0.717) is 0 Å². The molecule has 1 aromatic rings. The summed E-state index contributed by atoms with van der Waals surface area (Å²) in [5.74, 6) is 0. The van der Waals surface area contributed by atoms with Crippen LogP contribution < -0.4 is 5.14 Å². The number of hydrogen-bond donors (Lipinski definition) is 1. The third-order valence-corrected chi connectivity index (χ3v) is 2.47. The van der Waals surface area contributed by atoms with Crippen LogP contribution in [0.3, 0.4) is 0 Å². The predicted molar refractivity (Wildman–Crippen MR) is 48.9 cm³/mol. The van der Waals surface area contributed by atoms with Crippen LogP contribution in [0.2, 0.25) is 0 Å². The number of nitrogens with two attached hydrogens (primary N) is 1. The van der Waals surface area contributed by atoms with E-state index in [-0.39, 0.29) is 0 Å². The van der Waals surface area contributed by atoms with E-state index >= 15 is 0 Å². The maximum atomic E-state index is 5.40. The average Bonchev–Trinajstić information content (AvgIpc) is 1.88. The van der Waals surface area contributed by atoms with Gasteiger partial charge in [-0.05, 0) is 42.6 Å². The molecular weight excluding hydrogens is 210 g/mol. The predicted octanol–water partition coefficient (Wildman–Crippen LogP) is 2.72. The van der Waals surface area contributed by atoms with Crippen molar-refractivity contribution in [3.63, 3.8) is 0 Å². The van der Waals surface area contributed by atoms with Crippen LogP contribution in [0.15, 0.2) is 27.6 Å². The van der Waals surface area contributed by atoms with Crippen molar-refractivity contribution in [3.05, 3.63) is 28.2 Å². The zero-order valence-corrected chi connectivity index (χ0v) is 8.00. The minimum absolute atomic E-state index is 1.10. The highest BCUT2D eigenvalue weighted by Crippen LogP contribution is 2.21. The summed E-state index contributed by atoms with van der Waals surface area (Å²) >= 11 is 4.66. The minimum Gasteiger partial charge on any atom is -0.274 e. The van der Waals surface area contributed by atoms with Gasteiger partial charge in [-0.1, -0.05) is 15.9 Å². The summed E-state index contributed by atoms with van der Waals surface area (Å²) in [6.07, 6.45) is 0. The molecule has 0 radical (unpaired) electrons. The summed E-state index contributed by atoms with van der Waals surface area (Å²) in [5, 5.41) is 5.40. The highest BCUT2D eigenvalue weighted by molar-refractivity contribution is 9.10. The van der Waals surface area contributed by atoms with E-state index < -0.39 is 0 Å². The maximum absolute atomic E-state index is 5.40. The van der Waals surface area contributed by atoms with Gasteiger partial charge in [0.2, 0.25) is 0 Å². The third-order valence-electron chi connectivity index (χ3n) is 1.26. The van der Waals surface area contributed by atoms with Gasteiger partial charge in [-0.25, -0.2) is 0 Å². The monoisotopic (exact) mass is 217 g/mol. The third kappa shape index (κ3) is 1.75. The van der Waals surface area contributed by atoms with Crippen LogP contribution >= 0.6 is 27.9 Å². The van der Waals surface area contributed by atoms with Crippen molar-refractivity contribution in [2.24, 2.45) is 5.14 Å². The normalized spacial score (nSPS) is 9.90. The lowest BCUT2D eigenvalue weighted by Gasteiger charge is -2.00. The molecule has 0 saturated heterocycles. The fourth-order valence-corrected chi connectivity index (χ4v) is 1.61. The van der Waals surface area contributed by atoms with E-state index in [0.717, 1.165) is 9.37 Å². The zero-order chi connectivity index (χ0) is 7.56. The van der Waals surface area contributed by atoms with Crippen LogP contribution in [0.1, 0.15) is 5.56 Å². The van der Waals surface area contributed by atoms with Gasteiger partial charge >= 0.3 is 0 Å². The van der Waals surface area contributed by atoms with Gasteiger partial charge < -0.3 is 0 Å². The van der Waals surface area contributed by atoms with E-state index in [1.165, 1.54) is 17.5 Å². The van der Waals surface area contributed by atoms with Gasteiger partial charge in [0.25, 0.3) is 0 Å². The second kappa shape index (κ2) is 3.42. The van der Waals surface area contributed by atoms with Crippen molar-refractivity contribution in [3.8, 4) is 0 Å². The lowest BCUT2D eigenvalue weighted by Crippen LogP contribution is -1.83. The van der Waals surface area contributed by atoms with Gasteiger partial charge in [-0.2, -0.15) is 0 Å². The summed E-state index contributed by atoms with van der Waals surface area (Å²) < 4.78 is 1.10. The van der Waals surface area contributed by atoms with Crippen molar-refractivity contribution in [1.82, 2.24) is 0 Å². The molecule has 1 rings (SSSR count). The van der Waals surface area contributed by atoms with Gasteiger partial charge in [-0.3, -0.25) is 5.14 Å². The Balaban J connectivity index is 3.07. The Kier molecular flexibility index (Phi) is 2.77. The minimum atomic E-state index is 1.10. The number of hydrogen-bond acceptors (Lipinski definition) is 2. The summed E-state index contributed by atoms with van der Waals surface area (Å²) in [5.41, 5.74) is 1.21. The number of benzene rings is 1. The topological polar surface area (TPSA) is 26.0 Å². The van der Waals surface area contributed by atoms with Crippen molar-refractivity contribution in [1.29, 1.82) is 0 Å². The molecule has 0 bridgehead atoms. The Morgan fingerprint density at radius 3 is 2.70 bits per heavy atom. The summed E-state index contributed by atoms with van der Waals surface area (Å²) in [7, 11) is 0. The second-order valence-corrected chi connectivity index (χ2v) is 3.62. The molecule has 54 valence electrons. The molecule has 0 atom stereocenters. The van der Waals surface area contributed by atoms with Crippen molar-refractivity contribution in [2.45, 2.75) is 11.8 Å². The SMILES string of the molecule is Cc1cc(Br)ccc1SN. The van der Waals surface area contributed by atoms with Crippen molar-refractivity contribution < 1.29 is 0 Å². The molecular formula is C7H8BrNS. The Morgan fingerprint density at radius 2 is 2.20 bits per heavy atom. The van der Waals surface area contributed by atoms with Crippen LogP contribution in [0.5, 0.6) is 0 Å². The smallest absolute Gasteiger partial charge is 0.0255 e. The number of aryl methyl sites for hydroxylation is 1.